The minimum Gasteiger partial charge on any atom is -0.481 e. The van der Waals surface area contributed by atoms with Gasteiger partial charge in [0.15, 0.2) is 0 Å². The van der Waals surface area contributed by atoms with Crippen molar-refractivity contribution in [3.8, 4) is 0 Å². The highest BCUT2D eigenvalue weighted by Gasteiger charge is 2.62. The summed E-state index contributed by atoms with van der Waals surface area (Å²) in [6, 6.07) is 0. The molecule has 3 aliphatic rings. The Morgan fingerprint density at radius 1 is 1.20 bits per heavy atom. The van der Waals surface area contributed by atoms with Crippen LogP contribution < -0.4 is 0 Å². The van der Waals surface area contributed by atoms with Gasteiger partial charge in [0.05, 0.1) is 17.6 Å². The average molecular weight is 363 g/mol. The van der Waals surface area contributed by atoms with E-state index in [4.69, 9.17) is 0 Å². The predicted octanol–water partition coefficient (Wildman–Crippen LogP) is 1.17. The number of amides is 2. The van der Waals surface area contributed by atoms with Crippen LogP contribution in [0.1, 0.15) is 29.9 Å². The second-order valence-corrected chi connectivity index (χ2v) is 9.13. The Hall–Kier alpha value is -1.96. The molecule has 8 heteroatoms. The molecule has 3 fully saturated rings. The second kappa shape index (κ2) is 5.27. The van der Waals surface area contributed by atoms with E-state index < -0.39 is 17.3 Å². The third-order valence-corrected chi connectivity index (χ3v) is 6.77. The largest absolute Gasteiger partial charge is 0.481 e. The number of thiazole rings is 1. The number of hydrogen-bond acceptors (Lipinski definition) is 5. The highest BCUT2D eigenvalue weighted by molar-refractivity contribution is 7.11. The van der Waals surface area contributed by atoms with Crippen molar-refractivity contribution in [2.45, 2.75) is 20.3 Å². The summed E-state index contributed by atoms with van der Waals surface area (Å²) in [7, 11) is 0. The summed E-state index contributed by atoms with van der Waals surface area (Å²) >= 11 is 1.26. The van der Waals surface area contributed by atoms with Gasteiger partial charge in [-0.1, -0.05) is 13.8 Å². The van der Waals surface area contributed by atoms with Gasteiger partial charge in [-0.25, -0.2) is 0 Å². The Morgan fingerprint density at radius 2 is 1.84 bits per heavy atom. The molecule has 0 aromatic carbocycles. The summed E-state index contributed by atoms with van der Waals surface area (Å²) in [4.78, 5) is 44.6. The van der Waals surface area contributed by atoms with Crippen molar-refractivity contribution in [2.75, 3.05) is 26.2 Å². The third-order valence-electron chi connectivity index (χ3n) is 6.01. The minimum atomic E-state index is -0.890. The summed E-state index contributed by atoms with van der Waals surface area (Å²) in [5.41, 5.74) is 1.14. The van der Waals surface area contributed by atoms with Crippen LogP contribution in [-0.2, 0) is 9.59 Å². The zero-order valence-corrected chi connectivity index (χ0v) is 15.1. The first-order valence-electron chi connectivity index (χ1n) is 8.43. The Labute approximate surface area is 149 Å². The molecule has 25 heavy (non-hydrogen) atoms. The molecule has 2 saturated heterocycles. The molecule has 1 aliphatic carbocycles. The number of aliphatic carboxylic acids is 1. The molecule has 134 valence electrons. The molecule has 1 spiro atoms. The maximum atomic E-state index is 12.5. The SMILES string of the molecule is CC1(C)C[C@@H]1C(=O)N1CC2(CN(C(=O)c3cncs3)C[C@@H]2C(=O)O)C1. The molecule has 1 aromatic rings. The van der Waals surface area contributed by atoms with Crippen LogP contribution in [0.3, 0.4) is 0 Å². The van der Waals surface area contributed by atoms with Crippen molar-refractivity contribution in [3.63, 3.8) is 0 Å². The Balaban J connectivity index is 1.47. The van der Waals surface area contributed by atoms with E-state index in [1.807, 2.05) is 0 Å². The summed E-state index contributed by atoms with van der Waals surface area (Å²) in [5.74, 6) is -1.49. The van der Waals surface area contributed by atoms with E-state index in [1.165, 1.54) is 17.5 Å². The molecule has 1 saturated carbocycles. The lowest BCUT2D eigenvalue weighted by Crippen LogP contribution is -2.63. The van der Waals surface area contributed by atoms with Crippen LogP contribution in [0.4, 0.5) is 0 Å². The van der Waals surface area contributed by atoms with Gasteiger partial charge in [0.1, 0.15) is 4.88 Å². The Kier molecular flexibility index (Phi) is 3.48. The van der Waals surface area contributed by atoms with Gasteiger partial charge in [-0.05, 0) is 11.8 Å². The maximum absolute atomic E-state index is 12.5. The van der Waals surface area contributed by atoms with E-state index in [-0.39, 0.29) is 29.7 Å². The van der Waals surface area contributed by atoms with E-state index >= 15 is 0 Å². The number of aromatic nitrogens is 1. The monoisotopic (exact) mass is 363 g/mol. The first-order chi connectivity index (χ1) is 11.7. The summed E-state index contributed by atoms with van der Waals surface area (Å²) in [5, 5.41) is 9.62. The fraction of sp³-hybridized carbons (Fsp3) is 0.647. The first-order valence-corrected chi connectivity index (χ1v) is 9.31. The Morgan fingerprint density at radius 3 is 2.36 bits per heavy atom. The molecule has 4 rings (SSSR count). The molecule has 0 unspecified atom stereocenters. The molecule has 1 aromatic heterocycles. The predicted molar refractivity (Wildman–Crippen MR) is 90.0 cm³/mol. The first kappa shape index (κ1) is 16.5. The molecular formula is C17H21N3O4S. The number of carboxylic acids is 1. The van der Waals surface area contributed by atoms with Crippen molar-refractivity contribution < 1.29 is 19.5 Å². The fourth-order valence-corrected chi connectivity index (χ4v) is 4.83. The number of carbonyl (C=O) groups is 3. The van der Waals surface area contributed by atoms with Crippen molar-refractivity contribution in [3.05, 3.63) is 16.6 Å². The molecule has 0 bridgehead atoms. The molecule has 1 N–H and O–H groups in total. The molecule has 3 heterocycles. The van der Waals surface area contributed by atoms with Crippen LogP contribution in [-0.4, -0.2) is 63.9 Å². The van der Waals surface area contributed by atoms with Gasteiger partial charge in [-0.15, -0.1) is 11.3 Å². The molecule has 7 nitrogen and oxygen atoms in total. The Bertz CT molecular complexity index is 739. The van der Waals surface area contributed by atoms with Gasteiger partial charge < -0.3 is 14.9 Å². The van der Waals surface area contributed by atoms with Crippen LogP contribution in [0, 0.1) is 22.7 Å². The quantitative estimate of drug-likeness (QED) is 0.871. The fourth-order valence-electron chi connectivity index (χ4n) is 4.24. The number of carboxylic acid groups (broad SMARTS) is 1. The number of nitrogens with zero attached hydrogens (tertiary/aromatic N) is 3. The maximum Gasteiger partial charge on any atom is 0.309 e. The summed E-state index contributed by atoms with van der Waals surface area (Å²) in [6.07, 6.45) is 2.41. The zero-order chi connectivity index (χ0) is 18.0. The minimum absolute atomic E-state index is 0.0597. The van der Waals surface area contributed by atoms with Crippen LogP contribution in [0.5, 0.6) is 0 Å². The van der Waals surface area contributed by atoms with Crippen molar-refractivity contribution in [1.29, 1.82) is 0 Å². The average Bonchev–Trinajstić information content (AvgIpc) is 2.96. The van der Waals surface area contributed by atoms with Crippen LogP contribution >= 0.6 is 11.3 Å². The highest BCUT2D eigenvalue weighted by Crippen LogP contribution is 2.54. The molecule has 2 atom stereocenters. The van der Waals surface area contributed by atoms with Gasteiger partial charge in [0.25, 0.3) is 5.91 Å². The molecule has 0 radical (unpaired) electrons. The standard InChI is InChI=1S/C17H21N3O4S/c1-16(2)3-10(16)13(21)20-7-17(8-20)6-19(5-11(17)15(23)24)14(22)12-4-18-9-25-12/h4,9-11H,3,5-8H2,1-2H3,(H,23,24)/t10-,11-/m1/s1. The smallest absolute Gasteiger partial charge is 0.309 e. The van der Waals surface area contributed by atoms with Gasteiger partial charge in [0, 0.05) is 37.5 Å². The van der Waals surface area contributed by atoms with E-state index in [9.17, 15) is 19.5 Å². The zero-order valence-electron chi connectivity index (χ0n) is 14.3. The lowest BCUT2D eigenvalue weighted by molar-refractivity contribution is -0.158. The van der Waals surface area contributed by atoms with Crippen molar-refractivity contribution in [1.82, 2.24) is 14.8 Å². The van der Waals surface area contributed by atoms with Gasteiger partial charge in [-0.2, -0.15) is 0 Å². The third kappa shape index (κ3) is 2.54. The van der Waals surface area contributed by atoms with Crippen molar-refractivity contribution in [2.24, 2.45) is 22.7 Å². The summed E-state index contributed by atoms with van der Waals surface area (Å²) < 4.78 is 0. The van der Waals surface area contributed by atoms with Crippen LogP contribution in [0.15, 0.2) is 11.7 Å². The number of likely N-dealkylation sites (tertiary alicyclic amines) is 2. The molecular weight excluding hydrogens is 342 g/mol. The van der Waals surface area contributed by atoms with Gasteiger partial charge in [-0.3, -0.25) is 19.4 Å². The van der Waals surface area contributed by atoms with Crippen molar-refractivity contribution >= 4 is 29.1 Å². The van der Waals surface area contributed by atoms with E-state index in [0.717, 1.165) is 6.42 Å². The van der Waals surface area contributed by atoms with Gasteiger partial charge >= 0.3 is 5.97 Å². The van der Waals surface area contributed by atoms with E-state index in [2.05, 4.69) is 18.8 Å². The van der Waals surface area contributed by atoms with Gasteiger partial charge in [0.2, 0.25) is 5.91 Å². The highest BCUT2D eigenvalue weighted by atomic mass is 32.1. The second-order valence-electron chi connectivity index (χ2n) is 8.24. The number of carbonyl (C=O) groups excluding carboxylic acids is 2. The van der Waals surface area contributed by atoms with Crippen LogP contribution in [0.2, 0.25) is 0 Å². The lowest BCUT2D eigenvalue weighted by atomic mass is 9.71. The number of rotatable bonds is 3. The van der Waals surface area contributed by atoms with Crippen LogP contribution in [0.25, 0.3) is 0 Å². The molecule has 2 amide bonds. The topological polar surface area (TPSA) is 90.8 Å². The lowest BCUT2D eigenvalue weighted by Gasteiger charge is -2.50. The normalized spacial score (nSPS) is 28.7. The molecule has 2 aliphatic heterocycles. The van der Waals surface area contributed by atoms with E-state index in [1.54, 1.807) is 15.3 Å². The van der Waals surface area contributed by atoms with E-state index in [0.29, 0.717) is 24.5 Å². The number of hydrogen-bond donors (Lipinski definition) is 1. The summed E-state index contributed by atoms with van der Waals surface area (Å²) in [6.45, 7) is 5.61.